The van der Waals surface area contributed by atoms with Crippen molar-refractivity contribution in [1.29, 1.82) is 0 Å². The number of nitrogens with one attached hydrogen (secondary N) is 1. The van der Waals surface area contributed by atoms with Gasteiger partial charge in [0.2, 0.25) is 0 Å². The number of amides is 1. The third kappa shape index (κ3) is 5.65. The summed E-state index contributed by atoms with van der Waals surface area (Å²) in [4.78, 5) is 22.7. The zero-order valence-corrected chi connectivity index (χ0v) is 16.8. The smallest absolute Gasteiger partial charge is 0.273 e. The van der Waals surface area contributed by atoms with Crippen LogP contribution in [-0.4, -0.2) is 65.8 Å². The summed E-state index contributed by atoms with van der Waals surface area (Å²) in [5.74, 6) is 1.13. The Morgan fingerprint density at radius 2 is 2.17 bits per heavy atom. The summed E-state index contributed by atoms with van der Waals surface area (Å²) in [5, 5.41) is 11.6. The second-order valence-electron chi connectivity index (χ2n) is 7.24. The molecule has 1 aliphatic rings. The van der Waals surface area contributed by atoms with Gasteiger partial charge < -0.3 is 20.9 Å². The van der Waals surface area contributed by atoms with E-state index in [1.807, 2.05) is 24.3 Å². The highest BCUT2D eigenvalue weighted by Crippen LogP contribution is 2.24. The molecule has 0 radical (unpaired) electrons. The van der Waals surface area contributed by atoms with Crippen molar-refractivity contribution in [3.8, 4) is 17.0 Å². The number of anilines is 1. The van der Waals surface area contributed by atoms with Crippen LogP contribution in [0.4, 0.5) is 5.82 Å². The van der Waals surface area contributed by atoms with Gasteiger partial charge in [0.05, 0.1) is 11.9 Å². The van der Waals surface area contributed by atoms with E-state index in [1.165, 1.54) is 7.05 Å². The van der Waals surface area contributed by atoms with Gasteiger partial charge >= 0.3 is 0 Å². The van der Waals surface area contributed by atoms with E-state index in [2.05, 4.69) is 20.2 Å². The van der Waals surface area contributed by atoms with Crippen molar-refractivity contribution >= 4 is 11.7 Å². The zero-order chi connectivity index (χ0) is 20.6. The molecular formula is C21H29N5O3. The standard InChI is InChI=1S/C21H29N5O3/c1-23-21(28)19-20(22)24-14-18(25-19)16-3-2-4-17(13-16)29-12-10-26-8-5-15(6-9-26)7-11-27/h2-4,13-15,27H,5-12H2,1H3,(H2,22,24)(H,23,28). The summed E-state index contributed by atoms with van der Waals surface area (Å²) in [6, 6.07) is 7.58. The van der Waals surface area contributed by atoms with E-state index < -0.39 is 0 Å². The lowest BCUT2D eigenvalue weighted by Crippen LogP contribution is -2.36. The molecule has 1 saturated heterocycles. The molecule has 0 unspecified atom stereocenters. The van der Waals surface area contributed by atoms with Crippen LogP contribution in [-0.2, 0) is 0 Å². The van der Waals surface area contributed by atoms with E-state index in [-0.39, 0.29) is 24.0 Å². The van der Waals surface area contributed by atoms with E-state index in [9.17, 15) is 4.79 Å². The molecule has 2 aromatic rings. The molecule has 8 nitrogen and oxygen atoms in total. The van der Waals surface area contributed by atoms with Gasteiger partial charge in [-0.2, -0.15) is 0 Å². The maximum absolute atomic E-state index is 11.9. The number of hydrogen-bond donors (Lipinski definition) is 3. The van der Waals surface area contributed by atoms with E-state index in [1.54, 1.807) is 6.20 Å². The van der Waals surface area contributed by atoms with Crippen LogP contribution in [0.3, 0.4) is 0 Å². The third-order valence-corrected chi connectivity index (χ3v) is 5.29. The molecule has 8 heteroatoms. The maximum atomic E-state index is 11.9. The zero-order valence-electron chi connectivity index (χ0n) is 16.8. The molecule has 29 heavy (non-hydrogen) atoms. The Morgan fingerprint density at radius 1 is 1.38 bits per heavy atom. The third-order valence-electron chi connectivity index (χ3n) is 5.29. The average molecular weight is 399 g/mol. The lowest BCUT2D eigenvalue weighted by atomic mass is 9.94. The van der Waals surface area contributed by atoms with Crippen LogP contribution >= 0.6 is 0 Å². The van der Waals surface area contributed by atoms with Crippen LogP contribution in [0.5, 0.6) is 5.75 Å². The molecule has 156 valence electrons. The number of carbonyl (C=O) groups is 1. The molecule has 3 rings (SSSR count). The minimum atomic E-state index is -0.369. The van der Waals surface area contributed by atoms with Gasteiger partial charge in [-0.05, 0) is 50.4 Å². The number of benzene rings is 1. The van der Waals surface area contributed by atoms with Crippen molar-refractivity contribution in [1.82, 2.24) is 20.2 Å². The lowest BCUT2D eigenvalue weighted by molar-refractivity contribution is 0.0959. The van der Waals surface area contributed by atoms with Crippen LogP contribution in [0.1, 0.15) is 29.8 Å². The first-order valence-corrected chi connectivity index (χ1v) is 10.0. The minimum Gasteiger partial charge on any atom is -0.492 e. The van der Waals surface area contributed by atoms with Crippen LogP contribution in [0.15, 0.2) is 30.5 Å². The maximum Gasteiger partial charge on any atom is 0.273 e. The molecule has 0 spiro atoms. The Morgan fingerprint density at radius 3 is 2.90 bits per heavy atom. The molecule has 0 saturated carbocycles. The normalized spacial score (nSPS) is 15.2. The Balaban J connectivity index is 1.57. The molecule has 1 fully saturated rings. The first-order valence-electron chi connectivity index (χ1n) is 10.0. The summed E-state index contributed by atoms with van der Waals surface area (Å²) in [6.45, 7) is 3.87. The fraction of sp³-hybridized carbons (Fsp3) is 0.476. The number of aromatic nitrogens is 2. The Kier molecular flexibility index (Phi) is 7.37. The molecule has 1 aliphatic heterocycles. The number of piperidine rings is 1. The van der Waals surface area contributed by atoms with E-state index in [0.717, 1.165) is 50.2 Å². The monoisotopic (exact) mass is 399 g/mol. The summed E-state index contributed by atoms with van der Waals surface area (Å²) in [6.07, 6.45) is 4.74. The van der Waals surface area contributed by atoms with Crippen molar-refractivity contribution < 1.29 is 14.6 Å². The molecule has 1 amide bonds. The summed E-state index contributed by atoms with van der Waals surface area (Å²) in [5.41, 5.74) is 7.25. The molecule has 0 atom stereocenters. The van der Waals surface area contributed by atoms with Crippen LogP contribution in [0.25, 0.3) is 11.3 Å². The number of hydrogen-bond acceptors (Lipinski definition) is 7. The second kappa shape index (κ2) is 10.2. The quantitative estimate of drug-likeness (QED) is 0.617. The number of nitrogens with zero attached hydrogens (tertiary/aromatic N) is 3. The molecule has 0 bridgehead atoms. The van der Waals surface area contributed by atoms with Gasteiger partial charge in [0.1, 0.15) is 12.4 Å². The van der Waals surface area contributed by atoms with E-state index in [4.69, 9.17) is 15.6 Å². The fourth-order valence-electron chi connectivity index (χ4n) is 3.54. The van der Waals surface area contributed by atoms with Gasteiger partial charge in [-0.3, -0.25) is 9.69 Å². The SMILES string of the molecule is CNC(=O)c1nc(-c2cccc(OCCN3CCC(CCO)CC3)c2)cnc1N. The number of carbonyl (C=O) groups excluding carboxylic acids is 1. The first-order chi connectivity index (χ1) is 14.1. The molecule has 1 aromatic heterocycles. The molecule has 4 N–H and O–H groups in total. The fourth-order valence-corrected chi connectivity index (χ4v) is 3.54. The van der Waals surface area contributed by atoms with Gasteiger partial charge in [0.15, 0.2) is 11.5 Å². The molecule has 2 heterocycles. The average Bonchev–Trinajstić information content (AvgIpc) is 2.75. The van der Waals surface area contributed by atoms with Gasteiger partial charge in [-0.1, -0.05) is 12.1 Å². The van der Waals surface area contributed by atoms with Gasteiger partial charge in [0, 0.05) is 25.8 Å². The predicted octanol–water partition coefficient (Wildman–Crippen LogP) is 1.56. The second-order valence-corrected chi connectivity index (χ2v) is 7.24. The van der Waals surface area contributed by atoms with Crippen molar-refractivity contribution in [3.05, 3.63) is 36.2 Å². The van der Waals surface area contributed by atoms with Crippen molar-refractivity contribution in [2.75, 3.05) is 45.6 Å². The van der Waals surface area contributed by atoms with E-state index >= 15 is 0 Å². The Hall–Kier alpha value is -2.71. The van der Waals surface area contributed by atoms with Crippen LogP contribution < -0.4 is 15.8 Å². The number of nitrogens with two attached hydrogens (primary N) is 1. The van der Waals surface area contributed by atoms with Crippen molar-refractivity contribution in [3.63, 3.8) is 0 Å². The lowest BCUT2D eigenvalue weighted by Gasteiger charge is -2.31. The first kappa shape index (κ1) is 21.0. The Bertz CT molecular complexity index is 822. The summed E-state index contributed by atoms with van der Waals surface area (Å²) >= 11 is 0. The minimum absolute atomic E-state index is 0.100. The number of aliphatic hydroxyl groups excluding tert-OH is 1. The topological polar surface area (TPSA) is 114 Å². The highest BCUT2D eigenvalue weighted by atomic mass is 16.5. The van der Waals surface area contributed by atoms with Gasteiger partial charge in [-0.25, -0.2) is 9.97 Å². The molecule has 1 aromatic carbocycles. The number of nitrogen functional groups attached to an aromatic ring is 1. The predicted molar refractivity (Wildman–Crippen MR) is 112 cm³/mol. The summed E-state index contributed by atoms with van der Waals surface area (Å²) in [7, 11) is 1.53. The molecule has 0 aliphatic carbocycles. The van der Waals surface area contributed by atoms with E-state index in [0.29, 0.717) is 18.2 Å². The summed E-state index contributed by atoms with van der Waals surface area (Å²) < 4.78 is 5.93. The number of aliphatic hydroxyl groups is 1. The Labute approximate surface area is 171 Å². The van der Waals surface area contributed by atoms with Crippen LogP contribution in [0.2, 0.25) is 0 Å². The highest BCUT2D eigenvalue weighted by Gasteiger charge is 2.18. The van der Waals surface area contributed by atoms with Crippen molar-refractivity contribution in [2.45, 2.75) is 19.3 Å². The van der Waals surface area contributed by atoms with Gasteiger partial charge in [-0.15, -0.1) is 0 Å². The number of likely N-dealkylation sites (tertiary alicyclic amines) is 1. The number of ether oxygens (including phenoxy) is 1. The highest BCUT2D eigenvalue weighted by molar-refractivity contribution is 5.96. The van der Waals surface area contributed by atoms with Gasteiger partial charge in [0.25, 0.3) is 5.91 Å². The molecular weight excluding hydrogens is 370 g/mol. The van der Waals surface area contributed by atoms with Crippen molar-refractivity contribution in [2.24, 2.45) is 5.92 Å². The van der Waals surface area contributed by atoms with Crippen LogP contribution in [0, 0.1) is 5.92 Å². The largest absolute Gasteiger partial charge is 0.492 e. The number of rotatable bonds is 8.